The fourth-order valence-electron chi connectivity index (χ4n) is 2.97. The van der Waals surface area contributed by atoms with Crippen molar-refractivity contribution in [3.8, 4) is 0 Å². The highest BCUT2D eigenvalue weighted by atomic mass is 16.5. The highest BCUT2D eigenvalue weighted by Gasteiger charge is 2.13. The molecule has 5 heteroatoms. The normalized spacial score (nSPS) is 11.0. The Morgan fingerprint density at radius 2 is 1.55 bits per heavy atom. The van der Waals surface area contributed by atoms with Crippen molar-refractivity contribution in [2.75, 3.05) is 27.3 Å². The highest BCUT2D eigenvalue weighted by Crippen LogP contribution is 2.26. The summed E-state index contributed by atoms with van der Waals surface area (Å²) in [5.74, 6) is 1.05. The van der Waals surface area contributed by atoms with Gasteiger partial charge in [-0.25, -0.2) is 0 Å². The number of nitrogens with one attached hydrogen (secondary N) is 2. The van der Waals surface area contributed by atoms with Gasteiger partial charge >= 0.3 is 0 Å². The van der Waals surface area contributed by atoms with Crippen molar-refractivity contribution in [1.82, 2.24) is 0 Å². The Kier molecular flexibility index (Phi) is 26.2. The topological polar surface area (TPSA) is 109 Å². The summed E-state index contributed by atoms with van der Waals surface area (Å²) in [4.78, 5) is 0. The van der Waals surface area contributed by atoms with Crippen LogP contribution in [-0.4, -0.2) is 40.2 Å². The lowest BCUT2D eigenvalue weighted by atomic mass is 9.87. The lowest BCUT2D eigenvalue weighted by molar-refractivity contribution is 0.215. The van der Waals surface area contributed by atoms with Gasteiger partial charge in [-0.1, -0.05) is 63.6 Å². The molecule has 0 aromatic heterocycles. The number of nitrogens with two attached hydrogens (primary N) is 2. The van der Waals surface area contributed by atoms with Gasteiger partial charge in [-0.15, -0.1) is 0 Å². The van der Waals surface area contributed by atoms with Gasteiger partial charge in [-0.2, -0.15) is 0 Å². The van der Waals surface area contributed by atoms with E-state index in [1.807, 2.05) is 13.8 Å². The van der Waals surface area contributed by atoms with Gasteiger partial charge in [0.15, 0.2) is 0 Å². The van der Waals surface area contributed by atoms with E-state index in [-0.39, 0.29) is 0 Å². The zero-order valence-electron chi connectivity index (χ0n) is 21.0. The molecular formula is C26H48N4O. The molecule has 0 aliphatic heterocycles. The predicted octanol–water partition coefficient (Wildman–Crippen LogP) is 5.85. The molecule has 0 amide bonds. The molecule has 0 spiro atoms. The minimum Gasteiger partial charge on any atom is -0.385 e. The summed E-state index contributed by atoms with van der Waals surface area (Å²) in [5.41, 5.74) is 12.1. The molecule has 5 nitrogen and oxygen atoms in total. The quantitative estimate of drug-likeness (QED) is 0.412. The summed E-state index contributed by atoms with van der Waals surface area (Å²) in [6, 6.07) is 13.0. The third-order valence-corrected chi connectivity index (χ3v) is 4.61. The fourth-order valence-corrected chi connectivity index (χ4v) is 2.97. The van der Waals surface area contributed by atoms with Crippen molar-refractivity contribution >= 4 is 23.7 Å². The Morgan fingerprint density at radius 1 is 1.06 bits per heavy atom. The minimum absolute atomic E-state index is 0.357. The van der Waals surface area contributed by atoms with Crippen LogP contribution in [0.1, 0.15) is 51.7 Å². The van der Waals surface area contributed by atoms with Gasteiger partial charge in [0.2, 0.25) is 0 Å². The van der Waals surface area contributed by atoms with Gasteiger partial charge < -0.3 is 27.0 Å². The maximum absolute atomic E-state index is 7.71. The highest BCUT2D eigenvalue weighted by molar-refractivity contribution is 5.89. The van der Waals surface area contributed by atoms with Crippen LogP contribution in [0, 0.1) is 29.6 Å². The Hall–Kier alpha value is -2.08. The molecule has 0 aliphatic carbocycles. The number of hydrogen-bond acceptors (Lipinski definition) is 5. The zero-order valence-corrected chi connectivity index (χ0v) is 21.0. The molecule has 178 valence electrons. The van der Waals surface area contributed by atoms with Crippen LogP contribution in [0.5, 0.6) is 0 Å². The molecule has 2 atom stereocenters. The number of hydrogen-bond donors (Lipinski definition) is 4. The van der Waals surface area contributed by atoms with E-state index in [0.717, 1.165) is 26.0 Å². The number of benzene rings is 2. The van der Waals surface area contributed by atoms with Crippen LogP contribution in [-0.2, 0) is 11.2 Å². The van der Waals surface area contributed by atoms with E-state index >= 15 is 0 Å². The van der Waals surface area contributed by atoms with Gasteiger partial charge in [0.05, 0.1) is 0 Å². The average molecular weight is 433 g/mol. The monoisotopic (exact) mass is 432 g/mol. The largest absolute Gasteiger partial charge is 0.385 e. The first kappa shape index (κ1) is 33.6. The van der Waals surface area contributed by atoms with E-state index in [0.29, 0.717) is 11.8 Å². The Labute approximate surface area is 191 Å². The van der Waals surface area contributed by atoms with Gasteiger partial charge in [-0.05, 0) is 86.9 Å². The van der Waals surface area contributed by atoms with Crippen LogP contribution in [0.4, 0.5) is 0 Å². The Bertz CT molecular complexity index is 654. The smallest absolute Gasteiger partial charge is 0.0433 e. The number of rotatable bonds is 7. The maximum atomic E-state index is 7.71. The van der Waals surface area contributed by atoms with E-state index in [1.165, 1.54) is 35.4 Å². The number of fused-ring (bicyclic) bond motifs is 1. The van der Waals surface area contributed by atoms with E-state index in [9.17, 15) is 0 Å². The lowest BCUT2D eigenvalue weighted by Gasteiger charge is -2.17. The van der Waals surface area contributed by atoms with Crippen molar-refractivity contribution in [3.63, 3.8) is 0 Å². The Morgan fingerprint density at radius 3 is 1.97 bits per heavy atom. The second kappa shape index (κ2) is 24.2. The van der Waals surface area contributed by atoms with Crippen molar-refractivity contribution in [3.05, 3.63) is 47.5 Å². The molecule has 0 saturated carbocycles. The van der Waals surface area contributed by atoms with Crippen LogP contribution < -0.4 is 11.5 Å². The van der Waals surface area contributed by atoms with Crippen LogP contribution >= 0.6 is 0 Å². The number of ether oxygens (including phenoxy) is 1. The zero-order chi connectivity index (χ0) is 24.7. The van der Waals surface area contributed by atoms with E-state index < -0.39 is 0 Å². The molecule has 0 fully saturated rings. The van der Waals surface area contributed by atoms with Gasteiger partial charge in [0, 0.05) is 13.7 Å². The molecule has 2 aromatic rings. The molecule has 0 aliphatic rings. The van der Waals surface area contributed by atoms with Crippen molar-refractivity contribution < 1.29 is 4.74 Å². The van der Waals surface area contributed by atoms with Crippen LogP contribution in [0.15, 0.2) is 36.4 Å². The van der Waals surface area contributed by atoms with Crippen LogP contribution in [0.3, 0.4) is 0 Å². The SMILES string of the molecule is C=N.CCN.CCOC.CC[C@H](C)CC(C=N)Cc1cccc2cccc(C)c12.CN. The molecule has 2 rings (SSSR count). The molecule has 31 heavy (non-hydrogen) atoms. The summed E-state index contributed by atoms with van der Waals surface area (Å²) in [5, 5.41) is 15.9. The standard InChI is InChI=1S/C19H25N.C3H8O.C2H7N.CH5N.CH3N/c1-4-14(2)11-16(13-20)12-18-10-6-9-17-8-5-7-15(3)19(17)18;1-3-4-2;1-2-3;2*1-2/h5-10,13-14,16,20H,4,11-12H2,1-3H3;3H2,1-2H3;2-3H2,1H3;2H2,1H3;2H,1H2/t14-,16?;;;;/m0..../s1. The lowest BCUT2D eigenvalue weighted by Crippen LogP contribution is -2.10. The summed E-state index contributed by atoms with van der Waals surface area (Å²) in [6.07, 6.45) is 4.93. The minimum atomic E-state index is 0.357. The van der Waals surface area contributed by atoms with Crippen molar-refractivity contribution in [2.24, 2.45) is 23.3 Å². The third kappa shape index (κ3) is 15.4. The van der Waals surface area contributed by atoms with E-state index in [1.54, 1.807) is 13.3 Å². The molecule has 1 unspecified atom stereocenters. The average Bonchev–Trinajstić information content (AvgIpc) is 2.82. The van der Waals surface area contributed by atoms with Gasteiger partial charge in [0.1, 0.15) is 0 Å². The second-order valence-corrected chi connectivity index (χ2v) is 6.96. The first-order chi connectivity index (χ1) is 15.0. The summed E-state index contributed by atoms with van der Waals surface area (Å²) in [6.45, 7) is 14.6. The molecule has 0 radical (unpaired) electrons. The van der Waals surface area contributed by atoms with Crippen LogP contribution in [0.25, 0.3) is 10.8 Å². The summed E-state index contributed by atoms with van der Waals surface area (Å²) in [7, 11) is 3.18. The van der Waals surface area contributed by atoms with Crippen LogP contribution in [0.2, 0.25) is 0 Å². The first-order valence-electron chi connectivity index (χ1n) is 11.1. The van der Waals surface area contributed by atoms with E-state index in [4.69, 9.17) is 16.6 Å². The van der Waals surface area contributed by atoms with E-state index in [2.05, 4.69) is 74.4 Å². The molecule has 0 heterocycles. The van der Waals surface area contributed by atoms with Gasteiger partial charge in [-0.3, -0.25) is 0 Å². The molecule has 2 aromatic carbocycles. The third-order valence-electron chi connectivity index (χ3n) is 4.61. The number of aryl methyl sites for hydroxylation is 1. The summed E-state index contributed by atoms with van der Waals surface area (Å²) >= 11 is 0. The molecule has 6 N–H and O–H groups in total. The predicted molar refractivity (Wildman–Crippen MR) is 141 cm³/mol. The second-order valence-electron chi connectivity index (χ2n) is 6.96. The fraction of sp³-hybridized carbons (Fsp3) is 0.538. The first-order valence-corrected chi connectivity index (χ1v) is 11.1. The van der Waals surface area contributed by atoms with Gasteiger partial charge in [0.25, 0.3) is 0 Å². The Balaban J connectivity index is -0.000000605. The summed E-state index contributed by atoms with van der Waals surface area (Å²) < 4.78 is 4.54. The molecule has 0 saturated heterocycles. The molecule has 0 bridgehead atoms. The number of methoxy groups -OCH3 is 1. The van der Waals surface area contributed by atoms with Crippen molar-refractivity contribution in [1.29, 1.82) is 10.8 Å². The van der Waals surface area contributed by atoms with Crippen molar-refractivity contribution in [2.45, 2.75) is 53.9 Å². The maximum Gasteiger partial charge on any atom is 0.0433 e. The molecular weight excluding hydrogens is 384 g/mol.